The van der Waals surface area contributed by atoms with Crippen molar-refractivity contribution in [1.29, 1.82) is 0 Å². The number of carboxylic acids is 1. The van der Waals surface area contributed by atoms with Crippen molar-refractivity contribution in [2.75, 3.05) is 0 Å². The van der Waals surface area contributed by atoms with Gasteiger partial charge < -0.3 is 9.52 Å². The molecule has 2 aromatic heterocycles. The molecule has 0 fully saturated rings. The van der Waals surface area contributed by atoms with Crippen molar-refractivity contribution in [3.05, 3.63) is 36.0 Å². The molecule has 0 spiro atoms. The number of hydrogen-bond acceptors (Lipinski definition) is 5. The summed E-state index contributed by atoms with van der Waals surface area (Å²) in [4.78, 5) is 10.6. The molecule has 0 saturated heterocycles. The summed E-state index contributed by atoms with van der Waals surface area (Å²) in [5, 5.41) is 12.8. The van der Waals surface area contributed by atoms with Crippen molar-refractivity contribution in [3.63, 3.8) is 0 Å². The first kappa shape index (κ1) is 15.3. The van der Waals surface area contributed by atoms with Gasteiger partial charge in [-0.2, -0.15) is 5.10 Å². The quantitative estimate of drug-likeness (QED) is 0.817. The van der Waals surface area contributed by atoms with Gasteiger partial charge in [0, 0.05) is 24.5 Å². The van der Waals surface area contributed by atoms with Crippen LogP contribution in [0.25, 0.3) is 0 Å². The Morgan fingerprint density at radius 3 is 2.81 bits per heavy atom. The molecule has 0 saturated carbocycles. The molecule has 0 radical (unpaired) electrons. The average Bonchev–Trinajstić information content (AvgIpc) is 2.97. The van der Waals surface area contributed by atoms with Crippen molar-refractivity contribution in [2.24, 2.45) is 0 Å². The summed E-state index contributed by atoms with van der Waals surface area (Å²) in [5.74, 6) is -1.69. The average molecular weight is 313 g/mol. The van der Waals surface area contributed by atoms with Crippen LogP contribution in [0.3, 0.4) is 0 Å². The van der Waals surface area contributed by atoms with Crippen LogP contribution in [0.2, 0.25) is 0 Å². The van der Waals surface area contributed by atoms with Gasteiger partial charge in [0.2, 0.25) is 15.8 Å². The number of aryl methyl sites for hydroxylation is 1. The third-order valence-corrected chi connectivity index (χ3v) is 4.45. The van der Waals surface area contributed by atoms with E-state index in [2.05, 4.69) is 9.82 Å². The van der Waals surface area contributed by atoms with Crippen molar-refractivity contribution < 1.29 is 22.7 Å². The summed E-state index contributed by atoms with van der Waals surface area (Å²) in [6.07, 6.45) is 3.32. The molecule has 0 aliphatic heterocycles. The minimum absolute atomic E-state index is 0.0335. The van der Waals surface area contributed by atoms with Crippen molar-refractivity contribution in [3.8, 4) is 0 Å². The van der Waals surface area contributed by atoms with Gasteiger partial charge in [-0.25, -0.2) is 17.9 Å². The highest BCUT2D eigenvalue weighted by atomic mass is 32.2. The lowest BCUT2D eigenvalue weighted by molar-refractivity contribution is 0.0661. The van der Waals surface area contributed by atoms with E-state index in [1.165, 1.54) is 6.92 Å². The predicted molar refractivity (Wildman–Crippen MR) is 72.4 cm³/mol. The number of sulfonamides is 1. The Labute approximate surface area is 121 Å². The fourth-order valence-electron chi connectivity index (χ4n) is 1.89. The number of furan rings is 1. The number of aromatic carboxylic acids is 1. The fourth-order valence-corrected chi connectivity index (χ4v) is 3.31. The van der Waals surface area contributed by atoms with Crippen LogP contribution in [-0.2, 0) is 16.6 Å². The number of rotatable bonds is 6. The van der Waals surface area contributed by atoms with Crippen LogP contribution in [-0.4, -0.2) is 35.3 Å². The summed E-state index contributed by atoms with van der Waals surface area (Å²) in [7, 11) is -3.85. The van der Waals surface area contributed by atoms with E-state index in [9.17, 15) is 13.2 Å². The fraction of sp³-hybridized carbons (Fsp3) is 0.333. The molecule has 8 nitrogen and oxygen atoms in total. The molecule has 1 atom stereocenters. The summed E-state index contributed by atoms with van der Waals surface area (Å²) in [5.41, 5.74) is 0. The standard InChI is InChI=1S/C12H15N3O5S/c1-8(7-15-5-3-4-13-15)14-21(18,19)11-6-10(12(16)17)20-9(11)2/h3-6,8,14H,7H2,1-2H3,(H,16,17). The van der Waals surface area contributed by atoms with Crippen LogP contribution < -0.4 is 4.72 Å². The van der Waals surface area contributed by atoms with Gasteiger partial charge in [0.1, 0.15) is 10.7 Å². The number of aromatic nitrogens is 2. The van der Waals surface area contributed by atoms with E-state index in [1.807, 2.05) is 0 Å². The number of hydrogen-bond donors (Lipinski definition) is 2. The monoisotopic (exact) mass is 313 g/mol. The highest BCUT2D eigenvalue weighted by Crippen LogP contribution is 2.20. The summed E-state index contributed by atoms with van der Waals surface area (Å²) < 4.78 is 33.4. The first-order chi connectivity index (χ1) is 9.79. The third-order valence-electron chi connectivity index (χ3n) is 2.75. The summed E-state index contributed by atoms with van der Waals surface area (Å²) in [6, 6.07) is 2.32. The molecule has 0 amide bonds. The smallest absolute Gasteiger partial charge is 0.371 e. The lowest BCUT2D eigenvalue weighted by Crippen LogP contribution is -2.35. The van der Waals surface area contributed by atoms with Gasteiger partial charge in [-0.05, 0) is 19.9 Å². The normalized spacial score (nSPS) is 13.2. The maximum Gasteiger partial charge on any atom is 0.371 e. The van der Waals surface area contributed by atoms with Crippen molar-refractivity contribution in [1.82, 2.24) is 14.5 Å². The number of carbonyl (C=O) groups is 1. The number of nitrogens with one attached hydrogen (secondary N) is 1. The Morgan fingerprint density at radius 1 is 1.57 bits per heavy atom. The number of carboxylic acid groups (broad SMARTS) is 1. The van der Waals surface area contributed by atoms with Crippen LogP contribution in [0.4, 0.5) is 0 Å². The van der Waals surface area contributed by atoms with Gasteiger partial charge in [-0.15, -0.1) is 0 Å². The highest BCUT2D eigenvalue weighted by molar-refractivity contribution is 7.89. The summed E-state index contributed by atoms with van der Waals surface area (Å²) >= 11 is 0. The molecule has 114 valence electrons. The first-order valence-corrected chi connectivity index (χ1v) is 7.61. The molecule has 2 N–H and O–H groups in total. The predicted octanol–water partition coefficient (Wildman–Crippen LogP) is 0.850. The minimum atomic E-state index is -3.85. The molecule has 2 aromatic rings. The molecule has 0 aliphatic carbocycles. The van der Waals surface area contributed by atoms with E-state index in [4.69, 9.17) is 9.52 Å². The zero-order valence-electron chi connectivity index (χ0n) is 11.5. The van der Waals surface area contributed by atoms with Crippen LogP contribution >= 0.6 is 0 Å². The van der Waals surface area contributed by atoms with E-state index < -0.39 is 27.8 Å². The summed E-state index contributed by atoms with van der Waals surface area (Å²) in [6.45, 7) is 3.45. The second-order valence-corrected chi connectivity index (χ2v) is 6.27. The van der Waals surface area contributed by atoms with Gasteiger partial charge in [-0.3, -0.25) is 4.68 Å². The molecular formula is C12H15N3O5S. The molecule has 0 bridgehead atoms. The molecule has 1 unspecified atom stereocenters. The minimum Gasteiger partial charge on any atom is -0.475 e. The molecular weight excluding hydrogens is 298 g/mol. The Morgan fingerprint density at radius 2 is 2.29 bits per heavy atom. The zero-order chi connectivity index (χ0) is 15.6. The Balaban J connectivity index is 2.16. The lowest BCUT2D eigenvalue weighted by atomic mass is 10.4. The van der Waals surface area contributed by atoms with E-state index in [-0.39, 0.29) is 10.7 Å². The molecule has 21 heavy (non-hydrogen) atoms. The van der Waals surface area contributed by atoms with Crippen LogP contribution in [0.1, 0.15) is 23.2 Å². The molecule has 0 aromatic carbocycles. The zero-order valence-corrected chi connectivity index (χ0v) is 12.3. The maximum atomic E-state index is 12.2. The Hall–Kier alpha value is -2.13. The van der Waals surface area contributed by atoms with Crippen molar-refractivity contribution in [2.45, 2.75) is 31.3 Å². The molecule has 9 heteroatoms. The Kier molecular flexibility index (Phi) is 4.14. The van der Waals surface area contributed by atoms with E-state index >= 15 is 0 Å². The highest BCUT2D eigenvalue weighted by Gasteiger charge is 2.25. The largest absolute Gasteiger partial charge is 0.475 e. The molecule has 0 aliphatic rings. The van der Waals surface area contributed by atoms with Crippen LogP contribution in [0.5, 0.6) is 0 Å². The van der Waals surface area contributed by atoms with Crippen molar-refractivity contribution >= 4 is 16.0 Å². The van der Waals surface area contributed by atoms with E-state index in [0.717, 1.165) is 6.07 Å². The third kappa shape index (κ3) is 3.50. The van der Waals surface area contributed by atoms with Crippen LogP contribution in [0.15, 0.2) is 33.8 Å². The van der Waals surface area contributed by atoms with E-state index in [1.54, 1.807) is 30.1 Å². The van der Waals surface area contributed by atoms with Gasteiger partial charge in [-0.1, -0.05) is 0 Å². The van der Waals surface area contributed by atoms with Gasteiger partial charge in [0.15, 0.2) is 0 Å². The van der Waals surface area contributed by atoms with Crippen LogP contribution in [0, 0.1) is 6.92 Å². The van der Waals surface area contributed by atoms with E-state index in [0.29, 0.717) is 6.54 Å². The SMILES string of the molecule is Cc1oc(C(=O)O)cc1S(=O)(=O)NC(C)Cn1cccn1. The Bertz CT molecular complexity index is 733. The van der Waals surface area contributed by atoms with Gasteiger partial charge >= 0.3 is 5.97 Å². The second-order valence-electron chi connectivity index (χ2n) is 4.59. The van der Waals surface area contributed by atoms with Gasteiger partial charge in [0.05, 0.1) is 6.54 Å². The van der Waals surface area contributed by atoms with Gasteiger partial charge in [0.25, 0.3) is 0 Å². The second kappa shape index (κ2) is 5.70. The molecule has 2 heterocycles. The maximum absolute atomic E-state index is 12.2. The molecule has 2 rings (SSSR count). The lowest BCUT2D eigenvalue weighted by Gasteiger charge is -2.13. The first-order valence-electron chi connectivity index (χ1n) is 6.13. The topological polar surface area (TPSA) is 114 Å². The number of nitrogens with zero attached hydrogens (tertiary/aromatic N) is 2.